The third-order valence-electron chi connectivity index (χ3n) is 4.20. The van der Waals surface area contributed by atoms with Crippen molar-refractivity contribution in [2.24, 2.45) is 0 Å². The highest BCUT2D eigenvalue weighted by atomic mass is 32.2. The van der Waals surface area contributed by atoms with Gasteiger partial charge in [0.1, 0.15) is 5.75 Å². The number of fused-ring (bicyclic) bond motifs is 1. The molecule has 4 nitrogen and oxygen atoms in total. The number of benzene rings is 2. The van der Waals surface area contributed by atoms with Crippen LogP contribution in [0.3, 0.4) is 0 Å². The molecule has 0 bridgehead atoms. The molecule has 2 aromatic carbocycles. The van der Waals surface area contributed by atoms with Gasteiger partial charge in [-0.1, -0.05) is 30.0 Å². The van der Waals surface area contributed by atoms with Crippen LogP contribution >= 0.6 is 23.1 Å². The summed E-state index contributed by atoms with van der Waals surface area (Å²) in [6, 6.07) is 13.8. The van der Waals surface area contributed by atoms with E-state index in [-0.39, 0.29) is 5.91 Å². The number of rotatable bonds is 4. The number of nitrogens with one attached hydrogen (secondary N) is 1. The first-order chi connectivity index (χ1) is 12.6. The van der Waals surface area contributed by atoms with Crippen LogP contribution in [-0.2, 0) is 11.2 Å². The lowest BCUT2D eigenvalue weighted by Crippen LogP contribution is -2.31. The molecule has 1 amide bonds. The molecular formula is C20H18N2O2S2. The Morgan fingerprint density at radius 2 is 2.12 bits per heavy atom. The van der Waals surface area contributed by atoms with Crippen LogP contribution in [0.15, 0.2) is 57.1 Å². The minimum Gasteiger partial charge on any atom is -0.480 e. The van der Waals surface area contributed by atoms with Crippen molar-refractivity contribution in [3.05, 3.63) is 64.7 Å². The van der Waals surface area contributed by atoms with Gasteiger partial charge >= 0.3 is 0 Å². The van der Waals surface area contributed by atoms with Gasteiger partial charge in [0.25, 0.3) is 5.91 Å². The predicted octanol–water partition coefficient (Wildman–Crippen LogP) is 4.85. The summed E-state index contributed by atoms with van der Waals surface area (Å²) in [5, 5.41) is 5.04. The minimum atomic E-state index is -0.473. The van der Waals surface area contributed by atoms with Crippen LogP contribution in [0, 0.1) is 13.8 Å². The topological polar surface area (TPSA) is 51.2 Å². The number of hydrogen-bond acceptors (Lipinski definition) is 5. The third-order valence-corrected chi connectivity index (χ3v) is 6.24. The average Bonchev–Trinajstić information content (AvgIpc) is 3.23. The fourth-order valence-corrected chi connectivity index (χ4v) is 4.77. The van der Waals surface area contributed by atoms with Crippen molar-refractivity contribution in [1.29, 1.82) is 0 Å². The Morgan fingerprint density at radius 3 is 2.85 bits per heavy atom. The Bertz CT molecular complexity index is 943. The third kappa shape index (κ3) is 3.61. The van der Waals surface area contributed by atoms with Crippen molar-refractivity contribution in [2.45, 2.75) is 35.6 Å². The standard InChI is InChI=1S/C20H18N2O2S2/c1-12-9-15(26-20-21-13(2)11-25-20)7-8-16(12)22-19(23)18-10-14-5-3-4-6-17(14)24-18/h3-9,11,18H,10H2,1-2H3,(H,22,23). The second-order valence-corrected chi connectivity index (χ2v) is 8.42. The van der Waals surface area contributed by atoms with E-state index in [0.29, 0.717) is 6.42 Å². The highest BCUT2D eigenvalue weighted by Crippen LogP contribution is 2.33. The Labute approximate surface area is 160 Å². The predicted molar refractivity (Wildman–Crippen MR) is 105 cm³/mol. The summed E-state index contributed by atoms with van der Waals surface area (Å²) in [4.78, 5) is 18.1. The normalized spacial score (nSPS) is 15.4. The quantitative estimate of drug-likeness (QED) is 0.701. The fraction of sp³-hybridized carbons (Fsp3) is 0.200. The molecule has 4 rings (SSSR count). The molecule has 3 aromatic rings. The highest BCUT2D eigenvalue weighted by molar-refractivity contribution is 8.01. The van der Waals surface area contributed by atoms with Gasteiger partial charge in [-0.25, -0.2) is 4.98 Å². The Hall–Kier alpha value is -2.31. The number of carbonyl (C=O) groups is 1. The summed E-state index contributed by atoms with van der Waals surface area (Å²) >= 11 is 3.28. The van der Waals surface area contributed by atoms with Crippen molar-refractivity contribution >= 4 is 34.7 Å². The zero-order valence-corrected chi connectivity index (χ0v) is 16.1. The summed E-state index contributed by atoms with van der Waals surface area (Å²) in [6.07, 6.45) is 0.136. The van der Waals surface area contributed by atoms with Crippen molar-refractivity contribution in [2.75, 3.05) is 5.32 Å². The Balaban J connectivity index is 1.43. The van der Waals surface area contributed by atoms with E-state index in [9.17, 15) is 4.79 Å². The Morgan fingerprint density at radius 1 is 1.27 bits per heavy atom. The summed E-state index contributed by atoms with van der Waals surface area (Å²) in [6.45, 7) is 3.99. The van der Waals surface area contributed by atoms with Gasteiger partial charge in [-0.3, -0.25) is 4.79 Å². The highest BCUT2D eigenvalue weighted by Gasteiger charge is 2.29. The van der Waals surface area contributed by atoms with Crippen LogP contribution in [0.25, 0.3) is 0 Å². The van der Waals surface area contributed by atoms with E-state index in [4.69, 9.17) is 4.74 Å². The van der Waals surface area contributed by atoms with Crippen molar-refractivity contribution < 1.29 is 9.53 Å². The van der Waals surface area contributed by atoms with Gasteiger partial charge in [-0.05, 0) is 49.2 Å². The largest absolute Gasteiger partial charge is 0.480 e. The van der Waals surface area contributed by atoms with E-state index < -0.39 is 6.10 Å². The van der Waals surface area contributed by atoms with Gasteiger partial charge in [0.15, 0.2) is 10.4 Å². The molecule has 1 atom stereocenters. The van der Waals surface area contributed by atoms with Crippen molar-refractivity contribution in [1.82, 2.24) is 4.98 Å². The summed E-state index contributed by atoms with van der Waals surface area (Å²) in [7, 11) is 0. The number of carbonyl (C=O) groups excluding carboxylic acids is 1. The molecular weight excluding hydrogens is 364 g/mol. The lowest BCUT2D eigenvalue weighted by molar-refractivity contribution is -0.122. The molecule has 0 fully saturated rings. The van der Waals surface area contributed by atoms with Gasteiger partial charge in [-0.15, -0.1) is 11.3 Å². The summed E-state index contributed by atoms with van der Waals surface area (Å²) in [5.74, 6) is 0.690. The van der Waals surface area contributed by atoms with Crippen LogP contribution < -0.4 is 10.1 Å². The summed E-state index contributed by atoms with van der Waals surface area (Å²) < 4.78 is 6.79. The first kappa shape index (κ1) is 17.1. The number of ether oxygens (including phenoxy) is 1. The van der Waals surface area contributed by atoms with E-state index in [2.05, 4.69) is 16.4 Å². The van der Waals surface area contributed by atoms with E-state index in [1.165, 1.54) is 0 Å². The second-order valence-electron chi connectivity index (χ2n) is 6.24. The van der Waals surface area contributed by atoms with Crippen molar-refractivity contribution in [3.63, 3.8) is 0 Å². The molecule has 0 spiro atoms. The van der Waals surface area contributed by atoms with Gasteiger partial charge in [0.05, 0.1) is 0 Å². The number of nitrogens with zero attached hydrogens (tertiary/aromatic N) is 1. The lowest BCUT2D eigenvalue weighted by Gasteiger charge is -2.13. The van der Waals surface area contributed by atoms with Gasteiger partial charge in [0.2, 0.25) is 0 Å². The molecule has 1 aliphatic heterocycles. The summed E-state index contributed by atoms with van der Waals surface area (Å²) in [5.41, 5.74) is 3.95. The number of anilines is 1. The number of amides is 1. The van der Waals surface area contributed by atoms with Gasteiger partial charge in [-0.2, -0.15) is 0 Å². The molecule has 0 aliphatic carbocycles. The SMILES string of the molecule is Cc1csc(Sc2ccc(NC(=O)C3Cc4ccccc4O3)c(C)c2)n1. The maximum Gasteiger partial charge on any atom is 0.265 e. The van der Waals surface area contributed by atoms with Crippen LogP contribution in [0.2, 0.25) is 0 Å². The molecule has 1 aliphatic rings. The monoisotopic (exact) mass is 382 g/mol. The van der Waals surface area contributed by atoms with Gasteiger partial charge in [0, 0.05) is 28.1 Å². The number of hydrogen-bond donors (Lipinski definition) is 1. The van der Waals surface area contributed by atoms with E-state index in [0.717, 1.165) is 37.5 Å². The van der Waals surface area contributed by atoms with Gasteiger partial charge < -0.3 is 10.1 Å². The first-order valence-electron chi connectivity index (χ1n) is 8.34. The zero-order chi connectivity index (χ0) is 18.1. The molecule has 2 heterocycles. The molecule has 6 heteroatoms. The maximum absolute atomic E-state index is 12.6. The van der Waals surface area contributed by atoms with Crippen molar-refractivity contribution in [3.8, 4) is 5.75 Å². The molecule has 0 saturated heterocycles. The van der Waals surface area contributed by atoms with Crippen LogP contribution in [0.5, 0.6) is 5.75 Å². The van der Waals surface area contributed by atoms with E-state index >= 15 is 0 Å². The fourth-order valence-electron chi connectivity index (χ4n) is 2.86. The maximum atomic E-state index is 12.6. The number of aromatic nitrogens is 1. The lowest BCUT2D eigenvalue weighted by atomic mass is 10.1. The number of para-hydroxylation sites is 1. The number of thiazole rings is 1. The van der Waals surface area contributed by atoms with Crippen LogP contribution in [0.4, 0.5) is 5.69 Å². The number of aryl methyl sites for hydroxylation is 2. The molecule has 0 radical (unpaired) electrons. The van der Waals surface area contributed by atoms with E-state index in [1.54, 1.807) is 23.1 Å². The average molecular weight is 383 g/mol. The molecule has 132 valence electrons. The Kier molecular flexibility index (Phi) is 4.70. The molecule has 26 heavy (non-hydrogen) atoms. The second kappa shape index (κ2) is 7.13. The van der Waals surface area contributed by atoms with Crippen LogP contribution in [0.1, 0.15) is 16.8 Å². The molecule has 0 saturated carbocycles. The molecule has 1 aromatic heterocycles. The molecule has 1 unspecified atom stereocenters. The van der Waals surface area contributed by atoms with E-state index in [1.807, 2.05) is 55.6 Å². The zero-order valence-electron chi connectivity index (χ0n) is 14.5. The molecule has 1 N–H and O–H groups in total. The minimum absolute atomic E-state index is 0.111. The first-order valence-corrected chi connectivity index (χ1v) is 10.0. The smallest absolute Gasteiger partial charge is 0.265 e. The van der Waals surface area contributed by atoms with Crippen LogP contribution in [-0.4, -0.2) is 17.0 Å².